The van der Waals surface area contributed by atoms with Crippen molar-refractivity contribution in [2.75, 3.05) is 12.8 Å². The number of alkyl halides is 3. The predicted octanol–water partition coefficient (Wildman–Crippen LogP) is 3.57. The zero-order chi connectivity index (χ0) is 26.2. The van der Waals surface area contributed by atoms with E-state index in [4.69, 9.17) is 10.5 Å². The number of aromatic nitrogens is 4. The average molecular weight is 504 g/mol. The number of nitrogens with two attached hydrogens (primary N) is 1. The number of methoxy groups -OCH3 is 1. The first-order valence-corrected chi connectivity index (χ1v) is 10.6. The Labute approximate surface area is 200 Å². The number of carbonyl (C=O) groups is 1. The van der Waals surface area contributed by atoms with Gasteiger partial charge in [0.2, 0.25) is 0 Å². The fourth-order valence-electron chi connectivity index (χ4n) is 3.65. The number of hydrogen-bond donors (Lipinski definition) is 3. The Bertz CT molecular complexity index is 1490. The molecule has 0 radical (unpaired) electrons. The monoisotopic (exact) mass is 504 g/mol. The van der Waals surface area contributed by atoms with Gasteiger partial charge in [-0.05, 0) is 30.7 Å². The molecule has 0 aliphatic rings. The van der Waals surface area contributed by atoms with Gasteiger partial charge in [0.1, 0.15) is 28.8 Å². The normalized spacial score (nSPS) is 12.5. The van der Waals surface area contributed by atoms with Crippen LogP contribution in [0.3, 0.4) is 0 Å². The molecule has 0 bridgehead atoms. The molecule has 0 spiro atoms. The summed E-state index contributed by atoms with van der Waals surface area (Å²) in [6.45, 7) is 0.952. The lowest BCUT2D eigenvalue weighted by molar-refractivity contribution is -0.164. The van der Waals surface area contributed by atoms with Crippen LogP contribution in [0.15, 0.2) is 47.3 Å². The lowest BCUT2D eigenvalue weighted by atomic mass is 10.1. The van der Waals surface area contributed by atoms with E-state index in [2.05, 4.69) is 20.6 Å². The maximum absolute atomic E-state index is 13.6. The molecular formula is C23H20F4N6O3. The highest BCUT2D eigenvalue weighted by Crippen LogP contribution is 2.36. The van der Waals surface area contributed by atoms with E-state index in [0.29, 0.717) is 15.8 Å². The maximum atomic E-state index is 13.6. The molecule has 36 heavy (non-hydrogen) atoms. The zero-order valence-corrected chi connectivity index (χ0v) is 19.0. The van der Waals surface area contributed by atoms with E-state index in [9.17, 15) is 27.2 Å². The van der Waals surface area contributed by atoms with E-state index in [1.165, 1.54) is 19.2 Å². The smallest absolute Gasteiger partial charge is 0.410 e. The first-order valence-electron chi connectivity index (χ1n) is 10.6. The fraction of sp³-hybridized carbons (Fsp3) is 0.217. The van der Waals surface area contributed by atoms with Gasteiger partial charge in [0, 0.05) is 12.1 Å². The molecule has 0 fully saturated rings. The number of benzene rings is 2. The topological polar surface area (TPSA) is 128 Å². The van der Waals surface area contributed by atoms with Crippen LogP contribution in [0.1, 0.15) is 28.9 Å². The van der Waals surface area contributed by atoms with Gasteiger partial charge in [-0.15, -0.1) is 0 Å². The van der Waals surface area contributed by atoms with Gasteiger partial charge in [0.05, 0.1) is 18.1 Å². The summed E-state index contributed by atoms with van der Waals surface area (Å²) < 4.78 is 59.5. The molecule has 13 heteroatoms. The lowest BCUT2D eigenvalue weighted by Crippen LogP contribution is -2.27. The number of nitrogens with zero attached hydrogens (tertiary/aromatic N) is 3. The molecule has 0 aliphatic heterocycles. The fourth-order valence-corrected chi connectivity index (χ4v) is 3.65. The van der Waals surface area contributed by atoms with Crippen molar-refractivity contribution in [3.05, 3.63) is 69.8 Å². The molecule has 4 aromatic rings. The van der Waals surface area contributed by atoms with Crippen LogP contribution in [-0.2, 0) is 6.54 Å². The Kier molecular flexibility index (Phi) is 6.39. The number of ether oxygens (including phenoxy) is 1. The van der Waals surface area contributed by atoms with Crippen molar-refractivity contribution in [2.24, 2.45) is 0 Å². The van der Waals surface area contributed by atoms with Crippen LogP contribution < -0.4 is 21.3 Å². The molecule has 2 aromatic carbocycles. The standard InChI is InChI=1S/C23H20F4N6O3/c1-11(23(25,26)27)33-19-17(20(28)30-31-22(19)35)18(32-33)13-5-3-12(4-6-13)10-29-21(34)15-9-14(24)7-8-16(15)36-2/h3-9,11H,10H2,1-2H3,(H2,28,30)(H,29,34)(H,31,35)/t11-/m0/s1. The molecule has 2 aromatic heterocycles. The molecule has 4 N–H and O–H groups in total. The minimum Gasteiger partial charge on any atom is -0.496 e. The molecule has 9 nitrogen and oxygen atoms in total. The average Bonchev–Trinajstić information content (AvgIpc) is 3.26. The Hall–Kier alpha value is -4.42. The SMILES string of the molecule is COc1ccc(F)cc1C(=O)NCc1ccc(-c2nn([C@@H](C)C(F)(F)F)c3c(=O)[nH]nc(N)c23)cc1. The van der Waals surface area contributed by atoms with Gasteiger partial charge in [-0.1, -0.05) is 24.3 Å². The van der Waals surface area contributed by atoms with Crippen LogP contribution in [0.4, 0.5) is 23.4 Å². The van der Waals surface area contributed by atoms with Gasteiger partial charge < -0.3 is 15.8 Å². The number of aromatic amines is 1. The van der Waals surface area contributed by atoms with Crippen LogP contribution in [0.2, 0.25) is 0 Å². The third-order valence-electron chi connectivity index (χ3n) is 5.59. The number of nitrogens with one attached hydrogen (secondary N) is 2. The summed E-state index contributed by atoms with van der Waals surface area (Å²) in [7, 11) is 1.36. The summed E-state index contributed by atoms with van der Waals surface area (Å²) in [5.41, 5.74) is 5.78. The summed E-state index contributed by atoms with van der Waals surface area (Å²) in [5.74, 6) is -1.12. The molecule has 0 saturated heterocycles. The second-order valence-corrected chi connectivity index (χ2v) is 7.90. The summed E-state index contributed by atoms with van der Waals surface area (Å²) >= 11 is 0. The minimum atomic E-state index is -4.66. The van der Waals surface area contributed by atoms with Crippen LogP contribution in [0.5, 0.6) is 5.75 Å². The van der Waals surface area contributed by atoms with Crippen molar-refractivity contribution in [3.63, 3.8) is 0 Å². The van der Waals surface area contributed by atoms with E-state index >= 15 is 0 Å². The zero-order valence-electron chi connectivity index (χ0n) is 19.0. The third kappa shape index (κ3) is 4.59. The minimum absolute atomic E-state index is 0.00546. The van der Waals surface area contributed by atoms with E-state index in [1.54, 1.807) is 24.3 Å². The molecule has 0 aliphatic carbocycles. The van der Waals surface area contributed by atoms with Gasteiger partial charge in [-0.3, -0.25) is 9.59 Å². The number of amides is 1. The summed E-state index contributed by atoms with van der Waals surface area (Å²) in [6.07, 6.45) is -4.66. The highest BCUT2D eigenvalue weighted by atomic mass is 19.4. The Morgan fingerprint density at radius 3 is 2.56 bits per heavy atom. The highest BCUT2D eigenvalue weighted by molar-refractivity contribution is 5.99. The maximum Gasteiger partial charge on any atom is 0.410 e. The number of H-pyrrole nitrogens is 1. The molecule has 0 saturated carbocycles. The van der Waals surface area contributed by atoms with Crippen molar-refractivity contribution < 1.29 is 27.1 Å². The molecule has 188 valence electrons. The van der Waals surface area contributed by atoms with Gasteiger partial charge in [0.15, 0.2) is 5.82 Å². The lowest BCUT2D eigenvalue weighted by Gasteiger charge is -2.16. The summed E-state index contributed by atoms with van der Waals surface area (Å²) in [4.78, 5) is 24.8. The molecule has 0 unspecified atom stereocenters. The van der Waals surface area contributed by atoms with E-state index < -0.39 is 29.5 Å². The van der Waals surface area contributed by atoms with Crippen molar-refractivity contribution in [3.8, 4) is 17.0 Å². The molecular weight excluding hydrogens is 484 g/mol. The van der Waals surface area contributed by atoms with Crippen LogP contribution >= 0.6 is 0 Å². The summed E-state index contributed by atoms with van der Waals surface area (Å²) in [5, 5.41) is 12.5. The van der Waals surface area contributed by atoms with Crippen LogP contribution in [0.25, 0.3) is 22.2 Å². The number of rotatable bonds is 6. The van der Waals surface area contributed by atoms with Gasteiger partial charge in [-0.25, -0.2) is 14.2 Å². The molecule has 4 rings (SSSR count). The van der Waals surface area contributed by atoms with Gasteiger partial charge in [-0.2, -0.15) is 23.4 Å². The Morgan fingerprint density at radius 2 is 1.92 bits per heavy atom. The second-order valence-electron chi connectivity index (χ2n) is 7.90. The van der Waals surface area contributed by atoms with E-state index in [1.807, 2.05) is 0 Å². The number of nitrogen functional groups attached to an aromatic ring is 1. The van der Waals surface area contributed by atoms with Crippen LogP contribution in [-0.4, -0.2) is 39.2 Å². The molecule has 1 atom stereocenters. The van der Waals surface area contributed by atoms with Crippen molar-refractivity contribution in [2.45, 2.75) is 25.7 Å². The van der Waals surface area contributed by atoms with Crippen molar-refractivity contribution >= 4 is 22.6 Å². The predicted molar refractivity (Wildman–Crippen MR) is 123 cm³/mol. The number of fused-ring (bicyclic) bond motifs is 1. The molecule has 2 heterocycles. The van der Waals surface area contributed by atoms with E-state index in [-0.39, 0.29) is 40.3 Å². The Morgan fingerprint density at radius 1 is 1.22 bits per heavy atom. The van der Waals surface area contributed by atoms with E-state index in [0.717, 1.165) is 13.0 Å². The first kappa shape index (κ1) is 24.7. The van der Waals surface area contributed by atoms with Crippen LogP contribution in [0, 0.1) is 5.82 Å². The van der Waals surface area contributed by atoms with Crippen molar-refractivity contribution in [1.82, 2.24) is 25.3 Å². The quantitative estimate of drug-likeness (QED) is 0.345. The number of carbonyl (C=O) groups excluding carboxylic acids is 1. The number of halogens is 4. The largest absolute Gasteiger partial charge is 0.496 e. The third-order valence-corrected chi connectivity index (χ3v) is 5.59. The molecule has 1 amide bonds. The van der Waals surface area contributed by atoms with Gasteiger partial charge in [0.25, 0.3) is 11.5 Å². The number of hydrogen-bond acceptors (Lipinski definition) is 6. The second kappa shape index (κ2) is 9.32. The summed E-state index contributed by atoms with van der Waals surface area (Å²) in [6, 6.07) is 7.84. The highest BCUT2D eigenvalue weighted by Gasteiger charge is 2.40. The van der Waals surface area contributed by atoms with Gasteiger partial charge >= 0.3 is 6.18 Å². The number of anilines is 1. The van der Waals surface area contributed by atoms with Crippen molar-refractivity contribution in [1.29, 1.82) is 0 Å². The first-order chi connectivity index (χ1) is 17.0. The Balaban J connectivity index is 1.63.